The van der Waals surface area contributed by atoms with Crippen LogP contribution in [0.4, 0.5) is 0 Å². The van der Waals surface area contributed by atoms with Gasteiger partial charge in [0.15, 0.2) is 0 Å². The number of likely N-dealkylation sites (tertiary alicyclic amines) is 1. The fraction of sp³-hybridized carbons (Fsp3) is 0.481. The van der Waals surface area contributed by atoms with E-state index >= 15 is 0 Å². The average molecular weight is 449 g/mol. The molecule has 0 unspecified atom stereocenters. The van der Waals surface area contributed by atoms with Crippen LogP contribution >= 0.6 is 0 Å². The number of nitrogens with zero attached hydrogens (tertiary/aromatic N) is 1. The largest absolute Gasteiger partial charge is 0.508 e. The summed E-state index contributed by atoms with van der Waals surface area (Å²) in [6.07, 6.45) is 5.57. The number of piperidine rings is 1. The van der Waals surface area contributed by atoms with Crippen LogP contribution < -0.4 is 5.32 Å². The highest BCUT2D eigenvalue weighted by atomic mass is 16.4. The van der Waals surface area contributed by atoms with Crippen molar-refractivity contribution >= 4 is 11.9 Å². The van der Waals surface area contributed by atoms with Crippen molar-refractivity contribution < 1.29 is 19.8 Å². The molecule has 2 aromatic rings. The molecule has 2 fully saturated rings. The van der Waals surface area contributed by atoms with Gasteiger partial charge in [-0.15, -0.1) is 0 Å². The molecule has 2 bridgehead atoms. The van der Waals surface area contributed by atoms with E-state index in [4.69, 9.17) is 5.11 Å². The fourth-order valence-corrected chi connectivity index (χ4v) is 6.15. The first-order valence-corrected chi connectivity index (χ1v) is 12.1. The maximum absolute atomic E-state index is 12.7. The standard InChI is InChI=1S/C27H32N2O4/c1-17-24-14-21-8-9-22(30)15-23(21)27(17,11-13-29(24)16-18-2-3-18)10-12-28-25(31)19-4-6-20(7-5-19)26(32)33/h4-9,15,17-18,24,30H,2-3,10-14,16H2,1H3,(H,28,31)(H,32,33)/t17-,24+,27+/m0/s1. The summed E-state index contributed by atoms with van der Waals surface area (Å²) in [7, 11) is 0. The van der Waals surface area contributed by atoms with Gasteiger partial charge in [-0.2, -0.15) is 0 Å². The number of amides is 1. The summed E-state index contributed by atoms with van der Waals surface area (Å²) in [5, 5.41) is 22.4. The summed E-state index contributed by atoms with van der Waals surface area (Å²) in [6.45, 7) is 5.14. The first-order valence-electron chi connectivity index (χ1n) is 12.1. The summed E-state index contributed by atoms with van der Waals surface area (Å²) < 4.78 is 0. The number of carboxylic acids is 1. The van der Waals surface area contributed by atoms with Crippen LogP contribution in [-0.2, 0) is 11.8 Å². The Morgan fingerprint density at radius 2 is 1.85 bits per heavy atom. The third-order valence-electron chi connectivity index (χ3n) is 8.26. The zero-order valence-electron chi connectivity index (χ0n) is 19.1. The van der Waals surface area contributed by atoms with Crippen molar-refractivity contribution in [1.82, 2.24) is 10.2 Å². The second-order valence-corrected chi connectivity index (χ2v) is 10.1. The zero-order chi connectivity index (χ0) is 23.2. The number of fused-ring (bicyclic) bond motifs is 4. The smallest absolute Gasteiger partial charge is 0.335 e. The van der Waals surface area contributed by atoms with Crippen LogP contribution in [0.5, 0.6) is 5.75 Å². The van der Waals surface area contributed by atoms with Crippen LogP contribution in [0.25, 0.3) is 0 Å². The molecule has 0 aromatic heterocycles. The SMILES string of the molecule is C[C@H]1[C@H]2Cc3ccc(O)cc3[C@]1(CCNC(=O)c1ccc(C(=O)O)cc1)CCN2CC1CC1. The van der Waals surface area contributed by atoms with Crippen molar-refractivity contribution in [3.05, 3.63) is 64.7 Å². The Hall–Kier alpha value is -2.86. The van der Waals surface area contributed by atoms with Crippen LogP contribution in [0.15, 0.2) is 42.5 Å². The Morgan fingerprint density at radius 3 is 2.55 bits per heavy atom. The Labute approximate surface area is 194 Å². The number of carbonyl (C=O) groups excluding carboxylic acids is 1. The predicted molar refractivity (Wildman–Crippen MR) is 126 cm³/mol. The van der Waals surface area contributed by atoms with Gasteiger partial charge in [0, 0.05) is 30.1 Å². The van der Waals surface area contributed by atoms with Crippen LogP contribution in [-0.4, -0.2) is 52.7 Å². The maximum Gasteiger partial charge on any atom is 0.335 e. The topological polar surface area (TPSA) is 89.9 Å². The first kappa shape index (κ1) is 22.0. The van der Waals surface area contributed by atoms with E-state index in [1.54, 1.807) is 18.2 Å². The van der Waals surface area contributed by atoms with Gasteiger partial charge < -0.3 is 15.5 Å². The normalized spacial score (nSPS) is 26.5. The minimum Gasteiger partial charge on any atom is -0.508 e. The van der Waals surface area contributed by atoms with Crippen LogP contribution in [0, 0.1) is 11.8 Å². The molecule has 3 N–H and O–H groups in total. The third-order valence-corrected chi connectivity index (χ3v) is 8.26. The number of benzene rings is 2. The molecule has 174 valence electrons. The Kier molecular flexibility index (Phi) is 5.65. The van der Waals surface area contributed by atoms with E-state index in [0.29, 0.717) is 29.8 Å². The van der Waals surface area contributed by atoms with Crippen molar-refractivity contribution in [1.29, 1.82) is 0 Å². The maximum atomic E-state index is 12.7. The lowest BCUT2D eigenvalue weighted by Crippen LogP contribution is -2.60. The fourth-order valence-electron chi connectivity index (χ4n) is 6.15. The van der Waals surface area contributed by atoms with E-state index < -0.39 is 5.97 Å². The molecule has 1 saturated heterocycles. The van der Waals surface area contributed by atoms with Gasteiger partial charge in [-0.3, -0.25) is 9.69 Å². The molecule has 6 heteroatoms. The van der Waals surface area contributed by atoms with E-state index in [2.05, 4.69) is 23.2 Å². The van der Waals surface area contributed by atoms with E-state index in [0.717, 1.165) is 31.7 Å². The molecule has 3 aliphatic rings. The van der Waals surface area contributed by atoms with Crippen molar-refractivity contribution in [2.75, 3.05) is 19.6 Å². The van der Waals surface area contributed by atoms with Gasteiger partial charge in [0.25, 0.3) is 5.91 Å². The average Bonchev–Trinajstić information content (AvgIpc) is 3.62. The van der Waals surface area contributed by atoms with Gasteiger partial charge >= 0.3 is 5.97 Å². The highest BCUT2D eigenvalue weighted by Crippen LogP contribution is 2.52. The summed E-state index contributed by atoms with van der Waals surface area (Å²) in [4.78, 5) is 26.4. The number of aromatic hydroxyl groups is 1. The van der Waals surface area contributed by atoms with E-state index in [1.807, 2.05) is 6.07 Å². The van der Waals surface area contributed by atoms with Crippen LogP contribution in [0.3, 0.4) is 0 Å². The van der Waals surface area contributed by atoms with Crippen LogP contribution in [0.1, 0.15) is 64.4 Å². The summed E-state index contributed by atoms with van der Waals surface area (Å²) in [6, 6.07) is 12.4. The number of phenols is 1. The minimum atomic E-state index is -1.00. The highest BCUT2D eigenvalue weighted by Gasteiger charge is 2.51. The van der Waals surface area contributed by atoms with Crippen molar-refractivity contribution in [3.63, 3.8) is 0 Å². The minimum absolute atomic E-state index is 0.0719. The Bertz CT molecular complexity index is 1060. The second-order valence-electron chi connectivity index (χ2n) is 10.1. The number of carboxylic acid groups (broad SMARTS) is 1. The summed E-state index contributed by atoms with van der Waals surface area (Å²) >= 11 is 0. The van der Waals surface area contributed by atoms with Gasteiger partial charge in [0.05, 0.1) is 5.56 Å². The quantitative estimate of drug-likeness (QED) is 0.599. The van der Waals surface area contributed by atoms with Crippen LogP contribution in [0.2, 0.25) is 0 Å². The van der Waals surface area contributed by atoms with Gasteiger partial charge in [-0.05, 0) is 98.0 Å². The molecule has 1 heterocycles. The third kappa shape index (κ3) is 4.12. The molecule has 0 radical (unpaired) electrons. The summed E-state index contributed by atoms with van der Waals surface area (Å²) in [5.74, 6) is 0.410. The van der Waals surface area contributed by atoms with Gasteiger partial charge in [0.1, 0.15) is 5.75 Å². The van der Waals surface area contributed by atoms with E-state index in [-0.39, 0.29) is 16.9 Å². The molecule has 1 amide bonds. The Morgan fingerprint density at radius 1 is 1.12 bits per heavy atom. The number of rotatable bonds is 7. The lowest BCUT2D eigenvalue weighted by Gasteiger charge is -2.56. The number of carbonyl (C=O) groups is 2. The van der Waals surface area contributed by atoms with Crippen molar-refractivity contribution in [2.24, 2.45) is 11.8 Å². The molecular weight excluding hydrogens is 416 g/mol. The molecule has 5 rings (SSSR count). The molecule has 2 aromatic carbocycles. The molecule has 3 atom stereocenters. The molecule has 1 aliphatic heterocycles. The van der Waals surface area contributed by atoms with Gasteiger partial charge in [-0.1, -0.05) is 13.0 Å². The predicted octanol–water partition coefficient (Wildman–Crippen LogP) is 3.82. The van der Waals surface area contributed by atoms with Gasteiger partial charge in [-0.25, -0.2) is 4.79 Å². The molecular formula is C27H32N2O4. The molecule has 1 saturated carbocycles. The number of hydrogen-bond acceptors (Lipinski definition) is 4. The van der Waals surface area contributed by atoms with Crippen molar-refractivity contribution in [3.8, 4) is 5.75 Å². The second kappa shape index (κ2) is 8.49. The lowest BCUT2D eigenvalue weighted by molar-refractivity contribution is 0.0159. The van der Waals surface area contributed by atoms with E-state index in [1.165, 1.54) is 42.6 Å². The van der Waals surface area contributed by atoms with Gasteiger partial charge in [0.2, 0.25) is 0 Å². The molecule has 6 nitrogen and oxygen atoms in total. The molecule has 0 spiro atoms. The number of nitrogens with one attached hydrogen (secondary N) is 1. The number of aromatic carboxylic acids is 1. The molecule has 2 aliphatic carbocycles. The number of phenolic OH excluding ortho intramolecular Hbond substituents is 1. The Balaban J connectivity index is 1.34. The lowest BCUT2D eigenvalue weighted by atomic mass is 9.56. The highest BCUT2D eigenvalue weighted by molar-refractivity contribution is 5.95. The summed E-state index contributed by atoms with van der Waals surface area (Å²) in [5.41, 5.74) is 3.13. The molecule has 33 heavy (non-hydrogen) atoms. The zero-order valence-corrected chi connectivity index (χ0v) is 19.1. The first-order chi connectivity index (χ1) is 15.9. The monoisotopic (exact) mass is 448 g/mol. The van der Waals surface area contributed by atoms with E-state index in [9.17, 15) is 14.7 Å². The number of hydrogen-bond donors (Lipinski definition) is 3. The van der Waals surface area contributed by atoms with Crippen molar-refractivity contribution in [2.45, 2.75) is 50.5 Å².